The summed E-state index contributed by atoms with van der Waals surface area (Å²) in [4.78, 5) is 5.89. The smallest absolute Gasteiger partial charge is 0.125 e. The van der Waals surface area contributed by atoms with Gasteiger partial charge < -0.3 is 14.8 Å². The zero-order chi connectivity index (χ0) is 13.7. The van der Waals surface area contributed by atoms with Gasteiger partial charge in [-0.2, -0.15) is 0 Å². The number of aromatic nitrogens is 1. The van der Waals surface area contributed by atoms with Gasteiger partial charge in [0.2, 0.25) is 0 Å². The third kappa shape index (κ3) is 3.34. The van der Waals surface area contributed by atoms with Crippen LogP contribution < -0.4 is 5.32 Å². The summed E-state index contributed by atoms with van der Waals surface area (Å²) in [6.45, 7) is 6.92. The highest BCUT2D eigenvalue weighted by molar-refractivity contribution is 7.11. The van der Waals surface area contributed by atoms with E-state index in [1.165, 1.54) is 4.88 Å². The van der Waals surface area contributed by atoms with E-state index in [1.54, 1.807) is 18.4 Å². The molecule has 2 heterocycles. The first-order valence-corrected chi connectivity index (χ1v) is 7.86. The topological polar surface area (TPSA) is 43.4 Å². The Hall–Kier alpha value is -0.490. The molecule has 1 saturated heterocycles. The molecule has 0 amide bonds. The second-order valence-electron chi connectivity index (χ2n) is 5.05. The predicted molar refractivity (Wildman–Crippen MR) is 77.6 cm³/mol. The number of methoxy groups -OCH3 is 1. The highest BCUT2D eigenvalue weighted by Gasteiger charge is 2.37. The Kier molecular flexibility index (Phi) is 5.33. The van der Waals surface area contributed by atoms with Crippen LogP contribution in [0.1, 0.15) is 49.0 Å². The molecule has 0 spiro atoms. The number of ether oxygens (including phenoxy) is 2. The molecule has 1 aromatic heterocycles. The first-order valence-electron chi connectivity index (χ1n) is 7.04. The molecule has 5 heteroatoms. The summed E-state index contributed by atoms with van der Waals surface area (Å²) >= 11 is 1.77. The van der Waals surface area contributed by atoms with E-state index in [9.17, 15) is 0 Å². The van der Waals surface area contributed by atoms with Crippen LogP contribution >= 0.6 is 11.3 Å². The Balaban J connectivity index is 2.10. The lowest BCUT2D eigenvalue weighted by Crippen LogP contribution is -2.35. The van der Waals surface area contributed by atoms with Crippen LogP contribution in [0.5, 0.6) is 0 Å². The number of nitrogens with zero attached hydrogens (tertiary/aromatic N) is 1. The minimum Gasteiger partial charge on any atom is -0.381 e. The van der Waals surface area contributed by atoms with Gasteiger partial charge in [0, 0.05) is 50.3 Å². The molecule has 19 heavy (non-hydrogen) atoms. The van der Waals surface area contributed by atoms with E-state index in [0.717, 1.165) is 44.0 Å². The average Bonchev–Trinajstić information content (AvgIpc) is 2.96. The third-order valence-corrected chi connectivity index (χ3v) is 5.10. The van der Waals surface area contributed by atoms with Crippen molar-refractivity contribution in [1.82, 2.24) is 10.3 Å². The van der Waals surface area contributed by atoms with Gasteiger partial charge >= 0.3 is 0 Å². The van der Waals surface area contributed by atoms with Crippen molar-refractivity contribution in [3.63, 3.8) is 0 Å². The summed E-state index contributed by atoms with van der Waals surface area (Å²) in [5, 5.41) is 4.60. The number of hydrogen-bond donors (Lipinski definition) is 1. The molecule has 108 valence electrons. The standard InChI is InChI=1S/C14H24N2O2S/c1-4-7-15-11(2)12-10-16-13(19-12)14(17-3)5-8-18-9-6-14/h10-11,15H,4-9H2,1-3H3. The lowest BCUT2D eigenvalue weighted by atomic mass is 9.95. The van der Waals surface area contributed by atoms with Crippen LogP contribution in [0.2, 0.25) is 0 Å². The first kappa shape index (κ1) is 14.9. The van der Waals surface area contributed by atoms with Gasteiger partial charge in [-0.15, -0.1) is 11.3 Å². The fraction of sp³-hybridized carbons (Fsp3) is 0.786. The Labute approximate surface area is 119 Å². The minimum atomic E-state index is -0.231. The maximum Gasteiger partial charge on any atom is 0.125 e. The van der Waals surface area contributed by atoms with Crippen LogP contribution in [-0.4, -0.2) is 31.9 Å². The van der Waals surface area contributed by atoms with E-state index >= 15 is 0 Å². The molecular weight excluding hydrogens is 260 g/mol. The van der Waals surface area contributed by atoms with Gasteiger partial charge in [0.05, 0.1) is 0 Å². The van der Waals surface area contributed by atoms with Crippen LogP contribution in [0.25, 0.3) is 0 Å². The van der Waals surface area contributed by atoms with Crippen LogP contribution in [-0.2, 0) is 15.1 Å². The van der Waals surface area contributed by atoms with Crippen molar-refractivity contribution in [2.45, 2.75) is 44.8 Å². The second kappa shape index (κ2) is 6.79. The predicted octanol–water partition coefficient (Wildman–Crippen LogP) is 2.86. The van der Waals surface area contributed by atoms with Crippen molar-refractivity contribution in [3.05, 3.63) is 16.1 Å². The van der Waals surface area contributed by atoms with E-state index < -0.39 is 0 Å². The number of nitrogens with one attached hydrogen (secondary N) is 1. The molecule has 1 fully saturated rings. The van der Waals surface area contributed by atoms with Gasteiger partial charge in [-0.1, -0.05) is 6.92 Å². The summed E-state index contributed by atoms with van der Waals surface area (Å²) in [6, 6.07) is 0.361. The lowest BCUT2D eigenvalue weighted by Gasteiger charge is -2.33. The number of hydrogen-bond acceptors (Lipinski definition) is 5. The Morgan fingerprint density at radius 2 is 2.26 bits per heavy atom. The molecule has 4 nitrogen and oxygen atoms in total. The van der Waals surface area contributed by atoms with Gasteiger partial charge in [0.1, 0.15) is 10.6 Å². The molecule has 0 radical (unpaired) electrons. The summed E-state index contributed by atoms with van der Waals surface area (Å²) in [5.41, 5.74) is -0.231. The van der Waals surface area contributed by atoms with Crippen LogP contribution in [0.15, 0.2) is 6.20 Å². The largest absolute Gasteiger partial charge is 0.381 e. The third-order valence-electron chi connectivity index (χ3n) is 3.73. The molecule has 0 aromatic carbocycles. The van der Waals surface area contributed by atoms with E-state index in [4.69, 9.17) is 9.47 Å². The Morgan fingerprint density at radius 1 is 1.53 bits per heavy atom. The first-order chi connectivity index (χ1) is 9.22. The van der Waals surface area contributed by atoms with E-state index in [0.29, 0.717) is 6.04 Å². The SMILES string of the molecule is CCCNC(C)c1cnc(C2(OC)CCOCC2)s1. The normalized spacial score (nSPS) is 20.4. The van der Waals surface area contributed by atoms with Crippen LogP contribution in [0.4, 0.5) is 0 Å². The molecule has 1 unspecified atom stereocenters. The maximum absolute atomic E-state index is 5.79. The maximum atomic E-state index is 5.79. The Morgan fingerprint density at radius 3 is 2.89 bits per heavy atom. The van der Waals surface area contributed by atoms with Crippen LogP contribution in [0, 0.1) is 0 Å². The zero-order valence-corrected chi connectivity index (χ0v) is 12.9. The molecular formula is C14H24N2O2S. The fourth-order valence-electron chi connectivity index (χ4n) is 2.37. The molecule has 0 saturated carbocycles. The Bertz CT molecular complexity index is 389. The van der Waals surface area contributed by atoms with Crippen molar-refractivity contribution in [2.75, 3.05) is 26.9 Å². The molecule has 0 bridgehead atoms. The van der Waals surface area contributed by atoms with Crippen molar-refractivity contribution >= 4 is 11.3 Å². The molecule has 2 rings (SSSR count). The average molecular weight is 284 g/mol. The number of rotatable bonds is 6. The molecule has 1 aliphatic heterocycles. The molecule has 1 aliphatic rings. The van der Waals surface area contributed by atoms with Gasteiger partial charge in [-0.25, -0.2) is 4.98 Å². The summed E-state index contributed by atoms with van der Waals surface area (Å²) in [5.74, 6) is 0. The van der Waals surface area contributed by atoms with Crippen molar-refractivity contribution in [3.8, 4) is 0 Å². The monoisotopic (exact) mass is 284 g/mol. The molecule has 1 atom stereocenters. The molecule has 0 aliphatic carbocycles. The van der Waals surface area contributed by atoms with Crippen molar-refractivity contribution < 1.29 is 9.47 Å². The fourth-order valence-corrected chi connectivity index (χ4v) is 3.53. The van der Waals surface area contributed by atoms with E-state index in [2.05, 4.69) is 24.1 Å². The minimum absolute atomic E-state index is 0.231. The summed E-state index contributed by atoms with van der Waals surface area (Å²) < 4.78 is 11.2. The zero-order valence-electron chi connectivity index (χ0n) is 12.1. The second-order valence-corrected chi connectivity index (χ2v) is 6.12. The van der Waals surface area contributed by atoms with Gasteiger partial charge in [-0.05, 0) is 19.9 Å². The molecule has 1 aromatic rings. The molecule has 1 N–H and O–H groups in total. The summed E-state index contributed by atoms with van der Waals surface area (Å²) in [7, 11) is 1.78. The van der Waals surface area contributed by atoms with Gasteiger partial charge in [0.25, 0.3) is 0 Å². The van der Waals surface area contributed by atoms with E-state index in [-0.39, 0.29) is 5.60 Å². The van der Waals surface area contributed by atoms with Crippen molar-refractivity contribution in [2.24, 2.45) is 0 Å². The van der Waals surface area contributed by atoms with Gasteiger partial charge in [-0.3, -0.25) is 0 Å². The highest BCUT2D eigenvalue weighted by Crippen LogP contribution is 2.38. The lowest BCUT2D eigenvalue weighted by molar-refractivity contribution is -0.0948. The van der Waals surface area contributed by atoms with Gasteiger partial charge in [0.15, 0.2) is 0 Å². The van der Waals surface area contributed by atoms with E-state index in [1.807, 2.05) is 6.20 Å². The van der Waals surface area contributed by atoms with Crippen molar-refractivity contribution in [1.29, 1.82) is 0 Å². The quantitative estimate of drug-likeness (QED) is 0.872. The summed E-state index contributed by atoms with van der Waals surface area (Å²) in [6.07, 6.45) is 4.93. The highest BCUT2D eigenvalue weighted by atomic mass is 32.1. The van der Waals surface area contributed by atoms with Crippen LogP contribution in [0.3, 0.4) is 0 Å². The number of thiazole rings is 1.